The highest BCUT2D eigenvalue weighted by molar-refractivity contribution is 6.33. The summed E-state index contributed by atoms with van der Waals surface area (Å²) in [6.45, 7) is 2.21. The number of esters is 1. The van der Waals surface area contributed by atoms with Gasteiger partial charge in [0.2, 0.25) is 0 Å². The van der Waals surface area contributed by atoms with Crippen LogP contribution in [0.1, 0.15) is 21.5 Å². The Morgan fingerprint density at radius 1 is 1.21 bits per heavy atom. The molecule has 0 aliphatic carbocycles. The molecule has 0 amide bonds. The molecule has 0 saturated heterocycles. The fourth-order valence-corrected chi connectivity index (χ4v) is 1.80. The summed E-state index contributed by atoms with van der Waals surface area (Å²) in [5, 5.41) is 0.336. The maximum Gasteiger partial charge on any atom is 0.340 e. The second-order valence-electron chi connectivity index (χ2n) is 4.30. The SMILES string of the molecule is Cc1ccc(COC(=O)c2cc(N)ccc2Cl)cc1. The van der Waals surface area contributed by atoms with Gasteiger partial charge in [0.05, 0.1) is 10.6 Å². The van der Waals surface area contributed by atoms with Crippen LogP contribution in [0.5, 0.6) is 0 Å². The van der Waals surface area contributed by atoms with Crippen LogP contribution in [0.3, 0.4) is 0 Å². The lowest BCUT2D eigenvalue weighted by atomic mass is 10.1. The molecule has 98 valence electrons. The van der Waals surface area contributed by atoms with E-state index >= 15 is 0 Å². The van der Waals surface area contributed by atoms with Gasteiger partial charge in [-0.2, -0.15) is 0 Å². The van der Waals surface area contributed by atoms with Crippen molar-refractivity contribution in [1.29, 1.82) is 0 Å². The molecular formula is C15H14ClNO2. The molecule has 0 aliphatic heterocycles. The number of benzene rings is 2. The van der Waals surface area contributed by atoms with Crippen molar-refractivity contribution in [3.63, 3.8) is 0 Å². The van der Waals surface area contributed by atoms with E-state index in [0.29, 0.717) is 10.7 Å². The number of nitrogen functional groups attached to an aromatic ring is 1. The number of hydrogen-bond donors (Lipinski definition) is 1. The number of carbonyl (C=O) groups is 1. The fraction of sp³-hybridized carbons (Fsp3) is 0.133. The Labute approximate surface area is 117 Å². The molecule has 0 atom stereocenters. The van der Waals surface area contributed by atoms with Crippen molar-refractivity contribution in [2.75, 3.05) is 5.73 Å². The Balaban J connectivity index is 2.05. The number of carbonyl (C=O) groups excluding carboxylic acids is 1. The summed E-state index contributed by atoms with van der Waals surface area (Å²) in [6.07, 6.45) is 0. The molecule has 0 spiro atoms. The first-order chi connectivity index (χ1) is 9.06. The minimum Gasteiger partial charge on any atom is -0.457 e. The average Bonchev–Trinajstić information content (AvgIpc) is 2.40. The monoisotopic (exact) mass is 275 g/mol. The molecule has 3 nitrogen and oxygen atoms in total. The third kappa shape index (κ3) is 3.48. The predicted molar refractivity (Wildman–Crippen MR) is 76.2 cm³/mol. The number of halogens is 1. The predicted octanol–water partition coefficient (Wildman–Crippen LogP) is 3.59. The summed E-state index contributed by atoms with van der Waals surface area (Å²) in [6, 6.07) is 12.5. The number of ether oxygens (including phenoxy) is 1. The minimum absolute atomic E-state index is 0.213. The van der Waals surface area contributed by atoms with E-state index in [1.807, 2.05) is 31.2 Å². The van der Waals surface area contributed by atoms with E-state index < -0.39 is 5.97 Å². The summed E-state index contributed by atoms with van der Waals surface area (Å²) >= 11 is 5.94. The van der Waals surface area contributed by atoms with Gasteiger partial charge in [-0.25, -0.2) is 4.79 Å². The van der Waals surface area contributed by atoms with Crippen molar-refractivity contribution < 1.29 is 9.53 Å². The molecule has 0 aromatic heterocycles. The van der Waals surface area contributed by atoms with Crippen molar-refractivity contribution >= 4 is 23.3 Å². The summed E-state index contributed by atoms with van der Waals surface area (Å²) in [5.74, 6) is -0.474. The van der Waals surface area contributed by atoms with E-state index in [9.17, 15) is 4.79 Å². The maximum absolute atomic E-state index is 11.9. The van der Waals surface area contributed by atoms with E-state index in [2.05, 4.69) is 0 Å². The van der Waals surface area contributed by atoms with Gasteiger partial charge < -0.3 is 10.5 Å². The summed E-state index contributed by atoms with van der Waals surface area (Å²) in [4.78, 5) is 11.9. The average molecular weight is 276 g/mol. The highest BCUT2D eigenvalue weighted by atomic mass is 35.5. The molecule has 0 unspecified atom stereocenters. The number of nitrogens with two attached hydrogens (primary N) is 1. The van der Waals surface area contributed by atoms with Crippen LogP contribution in [0.4, 0.5) is 5.69 Å². The van der Waals surface area contributed by atoms with Crippen molar-refractivity contribution in [2.45, 2.75) is 13.5 Å². The van der Waals surface area contributed by atoms with E-state index in [-0.39, 0.29) is 12.2 Å². The Hall–Kier alpha value is -2.00. The van der Waals surface area contributed by atoms with Gasteiger partial charge in [0.1, 0.15) is 6.61 Å². The zero-order valence-corrected chi connectivity index (χ0v) is 11.3. The lowest BCUT2D eigenvalue weighted by Crippen LogP contribution is -2.06. The molecule has 2 aromatic carbocycles. The lowest BCUT2D eigenvalue weighted by molar-refractivity contribution is 0.0473. The van der Waals surface area contributed by atoms with Crippen molar-refractivity contribution in [1.82, 2.24) is 0 Å². The van der Waals surface area contributed by atoms with Gasteiger partial charge in [-0.3, -0.25) is 0 Å². The second-order valence-corrected chi connectivity index (χ2v) is 4.71. The van der Waals surface area contributed by atoms with E-state index in [1.54, 1.807) is 12.1 Å². The zero-order valence-electron chi connectivity index (χ0n) is 10.5. The smallest absolute Gasteiger partial charge is 0.340 e. The summed E-state index contributed by atoms with van der Waals surface area (Å²) < 4.78 is 5.21. The van der Waals surface area contributed by atoms with Gasteiger partial charge in [-0.05, 0) is 30.7 Å². The first-order valence-electron chi connectivity index (χ1n) is 5.84. The Kier molecular flexibility index (Phi) is 4.07. The van der Waals surface area contributed by atoms with Crippen LogP contribution in [-0.4, -0.2) is 5.97 Å². The molecule has 0 radical (unpaired) electrons. The van der Waals surface area contributed by atoms with Crippen LogP contribution >= 0.6 is 11.6 Å². The normalized spacial score (nSPS) is 10.2. The molecule has 19 heavy (non-hydrogen) atoms. The van der Waals surface area contributed by atoms with Crippen molar-refractivity contribution in [2.24, 2.45) is 0 Å². The van der Waals surface area contributed by atoms with Gasteiger partial charge in [0.25, 0.3) is 0 Å². The standard InChI is InChI=1S/C15H14ClNO2/c1-10-2-4-11(5-3-10)9-19-15(18)13-8-12(17)6-7-14(13)16/h2-8H,9,17H2,1H3. The van der Waals surface area contributed by atoms with E-state index in [0.717, 1.165) is 11.1 Å². The lowest BCUT2D eigenvalue weighted by Gasteiger charge is -2.07. The Bertz CT molecular complexity index is 594. The number of anilines is 1. The van der Waals surface area contributed by atoms with Crippen LogP contribution in [-0.2, 0) is 11.3 Å². The molecule has 0 aliphatic rings. The first-order valence-corrected chi connectivity index (χ1v) is 6.22. The molecule has 4 heteroatoms. The van der Waals surface area contributed by atoms with E-state index in [1.165, 1.54) is 6.07 Å². The van der Waals surface area contributed by atoms with Crippen LogP contribution < -0.4 is 5.73 Å². The van der Waals surface area contributed by atoms with Crippen LogP contribution in [0.15, 0.2) is 42.5 Å². The third-order valence-corrected chi connectivity index (χ3v) is 3.03. The molecule has 0 saturated carbocycles. The van der Waals surface area contributed by atoms with Gasteiger partial charge in [0, 0.05) is 5.69 Å². The topological polar surface area (TPSA) is 52.3 Å². The number of hydrogen-bond acceptors (Lipinski definition) is 3. The highest BCUT2D eigenvalue weighted by Crippen LogP contribution is 2.20. The fourth-order valence-electron chi connectivity index (χ4n) is 1.61. The highest BCUT2D eigenvalue weighted by Gasteiger charge is 2.12. The van der Waals surface area contributed by atoms with Crippen LogP contribution in [0, 0.1) is 6.92 Å². The summed E-state index contributed by atoms with van der Waals surface area (Å²) in [5.41, 5.74) is 8.48. The largest absolute Gasteiger partial charge is 0.457 e. The summed E-state index contributed by atoms with van der Waals surface area (Å²) in [7, 11) is 0. The molecule has 2 rings (SSSR count). The molecule has 2 aromatic rings. The maximum atomic E-state index is 11.9. The van der Waals surface area contributed by atoms with Crippen molar-refractivity contribution in [3.8, 4) is 0 Å². The van der Waals surface area contributed by atoms with E-state index in [4.69, 9.17) is 22.1 Å². The van der Waals surface area contributed by atoms with Gasteiger partial charge in [-0.1, -0.05) is 41.4 Å². The molecule has 2 N–H and O–H groups in total. The minimum atomic E-state index is -0.474. The molecule has 0 heterocycles. The number of aryl methyl sites for hydroxylation is 1. The second kappa shape index (κ2) is 5.76. The Morgan fingerprint density at radius 3 is 2.58 bits per heavy atom. The number of rotatable bonds is 3. The molecule has 0 fully saturated rings. The van der Waals surface area contributed by atoms with Crippen LogP contribution in [0.2, 0.25) is 5.02 Å². The molecule has 0 bridgehead atoms. The van der Waals surface area contributed by atoms with Gasteiger partial charge in [-0.15, -0.1) is 0 Å². The zero-order chi connectivity index (χ0) is 13.8. The quantitative estimate of drug-likeness (QED) is 0.688. The first kappa shape index (κ1) is 13.4. The van der Waals surface area contributed by atoms with Crippen LogP contribution in [0.25, 0.3) is 0 Å². The molecular weight excluding hydrogens is 262 g/mol. The Morgan fingerprint density at radius 2 is 1.89 bits per heavy atom. The van der Waals surface area contributed by atoms with Gasteiger partial charge in [0.15, 0.2) is 0 Å². The van der Waals surface area contributed by atoms with Gasteiger partial charge >= 0.3 is 5.97 Å². The van der Waals surface area contributed by atoms with Crippen molar-refractivity contribution in [3.05, 3.63) is 64.2 Å². The third-order valence-electron chi connectivity index (χ3n) is 2.70.